The highest BCUT2D eigenvalue weighted by molar-refractivity contribution is 7.16. The number of amides is 2. The lowest BCUT2D eigenvalue weighted by molar-refractivity contribution is -0.192. The Balaban J connectivity index is 0.000000370. The van der Waals surface area contributed by atoms with Gasteiger partial charge < -0.3 is 21.1 Å². The van der Waals surface area contributed by atoms with Crippen molar-refractivity contribution in [2.75, 3.05) is 18.4 Å². The Hall–Kier alpha value is -2.30. The van der Waals surface area contributed by atoms with E-state index in [9.17, 15) is 18.0 Å². The van der Waals surface area contributed by atoms with Crippen LogP contribution >= 0.6 is 22.9 Å². The SMILES string of the molecule is O=C(Nc1ccccc1)NC1CCNCC1c1ccc(Cl)s1.O=C(O)C(F)(F)F. The van der Waals surface area contributed by atoms with E-state index in [1.54, 1.807) is 11.3 Å². The van der Waals surface area contributed by atoms with E-state index in [1.807, 2.05) is 36.4 Å². The summed E-state index contributed by atoms with van der Waals surface area (Å²) < 4.78 is 32.5. The Morgan fingerprint density at radius 3 is 2.38 bits per heavy atom. The molecule has 2 aromatic rings. The molecule has 6 nitrogen and oxygen atoms in total. The van der Waals surface area contributed by atoms with Gasteiger partial charge >= 0.3 is 18.2 Å². The molecule has 2 unspecified atom stereocenters. The minimum Gasteiger partial charge on any atom is -0.475 e. The monoisotopic (exact) mass is 449 g/mol. The molecule has 0 aliphatic carbocycles. The van der Waals surface area contributed by atoms with Crippen LogP contribution in [-0.2, 0) is 4.79 Å². The second kappa shape index (κ2) is 10.5. The Morgan fingerprint density at radius 2 is 1.83 bits per heavy atom. The molecule has 1 fully saturated rings. The van der Waals surface area contributed by atoms with Crippen molar-refractivity contribution >= 4 is 40.6 Å². The summed E-state index contributed by atoms with van der Waals surface area (Å²) >= 11 is 7.62. The summed E-state index contributed by atoms with van der Waals surface area (Å²) in [7, 11) is 0. The number of anilines is 1. The minimum absolute atomic E-state index is 0.111. The Labute approximate surface area is 174 Å². The van der Waals surface area contributed by atoms with Crippen LogP contribution in [0.4, 0.5) is 23.7 Å². The average molecular weight is 450 g/mol. The second-order valence-electron chi connectivity index (χ2n) is 6.12. The number of carboxylic acid groups (broad SMARTS) is 1. The fraction of sp³-hybridized carbons (Fsp3) is 0.333. The van der Waals surface area contributed by atoms with Crippen LogP contribution in [0.3, 0.4) is 0 Å². The molecule has 2 atom stereocenters. The predicted octanol–water partition coefficient (Wildman–Crippen LogP) is 4.30. The summed E-state index contributed by atoms with van der Waals surface area (Å²) in [5, 5.41) is 16.5. The van der Waals surface area contributed by atoms with E-state index in [1.165, 1.54) is 4.88 Å². The molecule has 2 heterocycles. The summed E-state index contributed by atoms with van der Waals surface area (Å²) in [6, 6.07) is 13.4. The lowest BCUT2D eigenvalue weighted by Crippen LogP contribution is -2.49. The Bertz CT molecular complexity index is 817. The van der Waals surface area contributed by atoms with Crippen molar-refractivity contribution in [2.45, 2.75) is 24.6 Å². The van der Waals surface area contributed by atoms with Gasteiger partial charge in [0.2, 0.25) is 0 Å². The van der Waals surface area contributed by atoms with E-state index in [0.29, 0.717) is 0 Å². The number of halogens is 4. The molecule has 1 saturated heterocycles. The number of alkyl halides is 3. The van der Waals surface area contributed by atoms with Gasteiger partial charge in [-0.1, -0.05) is 29.8 Å². The van der Waals surface area contributed by atoms with E-state index < -0.39 is 12.1 Å². The highest BCUT2D eigenvalue weighted by Crippen LogP contribution is 2.32. The van der Waals surface area contributed by atoms with Crippen molar-refractivity contribution in [1.82, 2.24) is 10.6 Å². The molecule has 29 heavy (non-hydrogen) atoms. The number of rotatable bonds is 3. The van der Waals surface area contributed by atoms with Gasteiger partial charge in [-0.2, -0.15) is 13.2 Å². The minimum atomic E-state index is -5.08. The summed E-state index contributed by atoms with van der Waals surface area (Å²) in [5.74, 6) is -2.50. The van der Waals surface area contributed by atoms with Gasteiger partial charge in [-0.25, -0.2) is 9.59 Å². The molecular formula is C18H19ClF3N3O3S. The van der Waals surface area contributed by atoms with Crippen LogP contribution in [0.2, 0.25) is 4.34 Å². The summed E-state index contributed by atoms with van der Waals surface area (Å²) in [4.78, 5) is 22.3. The van der Waals surface area contributed by atoms with Gasteiger partial charge in [0.1, 0.15) is 0 Å². The zero-order chi connectivity index (χ0) is 21.4. The summed E-state index contributed by atoms with van der Waals surface area (Å²) in [5.41, 5.74) is 0.796. The van der Waals surface area contributed by atoms with Gasteiger partial charge in [-0.05, 0) is 37.2 Å². The first kappa shape index (κ1) is 23.0. The quantitative estimate of drug-likeness (QED) is 0.562. The third-order valence-electron chi connectivity index (χ3n) is 4.03. The number of benzene rings is 1. The maximum Gasteiger partial charge on any atom is 0.490 e. The zero-order valence-electron chi connectivity index (χ0n) is 15.0. The molecule has 1 aromatic carbocycles. The molecule has 1 aromatic heterocycles. The molecule has 2 amide bonds. The lowest BCUT2D eigenvalue weighted by atomic mass is 9.92. The smallest absolute Gasteiger partial charge is 0.475 e. The van der Waals surface area contributed by atoms with Crippen LogP contribution in [0.1, 0.15) is 17.2 Å². The van der Waals surface area contributed by atoms with Crippen LogP contribution < -0.4 is 16.0 Å². The third-order valence-corrected chi connectivity index (χ3v) is 5.40. The molecule has 0 bridgehead atoms. The van der Waals surface area contributed by atoms with Crippen molar-refractivity contribution in [2.24, 2.45) is 0 Å². The molecular weight excluding hydrogens is 431 g/mol. The number of carboxylic acids is 1. The second-order valence-corrected chi connectivity index (χ2v) is 7.86. The maximum absolute atomic E-state index is 12.2. The molecule has 0 radical (unpaired) electrons. The number of carbonyl (C=O) groups excluding carboxylic acids is 1. The van der Waals surface area contributed by atoms with Gasteiger partial charge in [0.05, 0.1) is 4.34 Å². The van der Waals surface area contributed by atoms with E-state index >= 15 is 0 Å². The number of piperidine rings is 1. The van der Waals surface area contributed by atoms with Gasteiger partial charge in [0.15, 0.2) is 0 Å². The Morgan fingerprint density at radius 1 is 1.17 bits per heavy atom. The first-order valence-electron chi connectivity index (χ1n) is 8.55. The Kier molecular flexibility index (Phi) is 8.30. The van der Waals surface area contributed by atoms with Crippen LogP contribution in [-0.4, -0.2) is 42.4 Å². The predicted molar refractivity (Wildman–Crippen MR) is 106 cm³/mol. The first-order valence-corrected chi connectivity index (χ1v) is 9.75. The maximum atomic E-state index is 12.2. The largest absolute Gasteiger partial charge is 0.490 e. The van der Waals surface area contributed by atoms with E-state index in [0.717, 1.165) is 29.5 Å². The zero-order valence-corrected chi connectivity index (χ0v) is 16.6. The third kappa shape index (κ3) is 7.56. The highest BCUT2D eigenvalue weighted by Gasteiger charge is 2.38. The van der Waals surface area contributed by atoms with E-state index in [4.69, 9.17) is 21.5 Å². The number of nitrogens with one attached hydrogen (secondary N) is 3. The van der Waals surface area contributed by atoms with Gasteiger partial charge in [-0.15, -0.1) is 11.3 Å². The molecule has 0 spiro atoms. The van der Waals surface area contributed by atoms with Crippen LogP contribution in [0.5, 0.6) is 0 Å². The number of carbonyl (C=O) groups is 2. The van der Waals surface area contributed by atoms with Crippen LogP contribution in [0, 0.1) is 0 Å². The van der Waals surface area contributed by atoms with Crippen molar-refractivity contribution < 1.29 is 27.9 Å². The van der Waals surface area contributed by atoms with Crippen molar-refractivity contribution in [3.05, 3.63) is 51.7 Å². The van der Waals surface area contributed by atoms with Gasteiger partial charge in [-0.3, -0.25) is 0 Å². The van der Waals surface area contributed by atoms with Gasteiger partial charge in [0.25, 0.3) is 0 Å². The van der Waals surface area contributed by atoms with Crippen LogP contribution in [0.25, 0.3) is 0 Å². The number of hydrogen-bond donors (Lipinski definition) is 4. The number of aliphatic carboxylic acids is 1. The molecule has 1 aliphatic rings. The molecule has 0 saturated carbocycles. The molecule has 1 aliphatic heterocycles. The van der Waals surface area contributed by atoms with Crippen molar-refractivity contribution in [3.8, 4) is 0 Å². The average Bonchev–Trinajstić information content (AvgIpc) is 3.09. The van der Waals surface area contributed by atoms with E-state index in [2.05, 4.69) is 22.0 Å². The number of para-hydroxylation sites is 1. The first-order chi connectivity index (χ1) is 13.7. The molecule has 4 N–H and O–H groups in total. The van der Waals surface area contributed by atoms with Crippen molar-refractivity contribution in [1.29, 1.82) is 0 Å². The number of thiophene rings is 1. The van der Waals surface area contributed by atoms with Crippen LogP contribution in [0.15, 0.2) is 42.5 Å². The summed E-state index contributed by atoms with van der Waals surface area (Å²) in [6.45, 7) is 1.76. The molecule has 3 rings (SSSR count). The standard InChI is InChI=1S/C16H18ClN3OS.C2HF3O2/c17-15-7-6-14(22-15)12-10-18-9-8-13(12)20-16(21)19-11-4-2-1-3-5-11;3-2(4,5)1(6)7/h1-7,12-13,18H,8-10H2,(H2,19,20,21);(H,6,7). The fourth-order valence-electron chi connectivity index (χ4n) is 2.71. The molecule has 11 heteroatoms. The highest BCUT2D eigenvalue weighted by atomic mass is 35.5. The normalized spacial score (nSPS) is 18.9. The number of hydrogen-bond acceptors (Lipinski definition) is 4. The van der Waals surface area contributed by atoms with Crippen molar-refractivity contribution in [3.63, 3.8) is 0 Å². The molecule has 158 valence electrons. The fourth-order valence-corrected chi connectivity index (χ4v) is 3.94. The lowest BCUT2D eigenvalue weighted by Gasteiger charge is -2.32. The van der Waals surface area contributed by atoms with Gasteiger partial charge in [0, 0.05) is 29.1 Å². The number of urea groups is 1. The summed E-state index contributed by atoms with van der Waals surface area (Å²) in [6.07, 6.45) is -4.18. The topological polar surface area (TPSA) is 90.5 Å². The van der Waals surface area contributed by atoms with E-state index in [-0.39, 0.29) is 18.0 Å².